The molecule has 3 unspecified atom stereocenters. The predicted octanol–water partition coefficient (Wildman–Crippen LogP) is 3.18. The largest absolute Gasteiger partial charge is 0.387 e. The van der Waals surface area contributed by atoms with Gasteiger partial charge >= 0.3 is 0 Å². The molecule has 0 radical (unpaired) electrons. The van der Waals surface area contributed by atoms with E-state index in [1.54, 1.807) is 0 Å². The Morgan fingerprint density at radius 3 is 2.88 bits per heavy atom. The van der Waals surface area contributed by atoms with Crippen LogP contribution in [0.1, 0.15) is 37.0 Å². The third-order valence-corrected chi connectivity index (χ3v) is 4.47. The number of aliphatic hydroxyl groups excluding tert-OH is 1. The fraction of sp³-hybridized carbons (Fsp3) is 0.571. The molecule has 0 amide bonds. The second-order valence-electron chi connectivity index (χ2n) is 5.14. The summed E-state index contributed by atoms with van der Waals surface area (Å²) in [7, 11) is 0. The predicted molar refractivity (Wildman–Crippen MR) is 74.0 cm³/mol. The quantitative estimate of drug-likeness (QED) is 0.879. The minimum Gasteiger partial charge on any atom is -0.387 e. The minimum atomic E-state index is -0.408. The lowest BCUT2D eigenvalue weighted by Gasteiger charge is -2.32. The molecule has 2 N–H and O–H groups in total. The fourth-order valence-corrected chi connectivity index (χ4v) is 2.81. The molecule has 0 aromatic heterocycles. The molecule has 17 heavy (non-hydrogen) atoms. The molecule has 1 aliphatic rings. The van der Waals surface area contributed by atoms with E-state index in [-0.39, 0.29) is 6.04 Å². The number of benzene rings is 1. The molecule has 0 aliphatic carbocycles. The molecule has 0 bridgehead atoms. The highest BCUT2D eigenvalue weighted by molar-refractivity contribution is 9.10. The van der Waals surface area contributed by atoms with Gasteiger partial charge in [0.2, 0.25) is 0 Å². The van der Waals surface area contributed by atoms with Gasteiger partial charge in [-0.1, -0.05) is 35.0 Å². The zero-order chi connectivity index (χ0) is 12.4. The van der Waals surface area contributed by atoms with E-state index in [0.29, 0.717) is 5.92 Å². The second-order valence-corrected chi connectivity index (χ2v) is 6.00. The van der Waals surface area contributed by atoms with Crippen LogP contribution in [0.4, 0.5) is 0 Å². The summed E-state index contributed by atoms with van der Waals surface area (Å²) < 4.78 is 1.07. The van der Waals surface area contributed by atoms with E-state index in [0.717, 1.165) is 23.0 Å². The molecule has 2 rings (SSSR count). The van der Waals surface area contributed by atoms with Gasteiger partial charge in [0, 0.05) is 10.5 Å². The lowest BCUT2D eigenvalue weighted by Crippen LogP contribution is -2.41. The third kappa shape index (κ3) is 3.09. The van der Waals surface area contributed by atoms with Gasteiger partial charge < -0.3 is 10.4 Å². The van der Waals surface area contributed by atoms with Crippen LogP contribution in [0.25, 0.3) is 0 Å². The Kier molecular flexibility index (Phi) is 4.23. The first kappa shape index (κ1) is 13.1. The molecule has 3 heteroatoms. The Bertz CT molecular complexity index is 394. The molecule has 1 aromatic rings. The van der Waals surface area contributed by atoms with Crippen molar-refractivity contribution in [1.82, 2.24) is 5.32 Å². The van der Waals surface area contributed by atoms with Crippen LogP contribution in [-0.4, -0.2) is 17.7 Å². The average molecular weight is 298 g/mol. The fourth-order valence-electron chi connectivity index (χ4n) is 2.42. The highest BCUT2D eigenvalue weighted by atomic mass is 79.9. The van der Waals surface area contributed by atoms with Crippen molar-refractivity contribution in [2.24, 2.45) is 5.92 Å². The Morgan fingerprint density at radius 1 is 1.47 bits per heavy atom. The Hall–Kier alpha value is -0.380. The van der Waals surface area contributed by atoms with Crippen LogP contribution < -0.4 is 5.32 Å². The number of rotatable bonds is 2. The van der Waals surface area contributed by atoms with Crippen molar-refractivity contribution in [3.8, 4) is 0 Å². The molecule has 1 heterocycles. The van der Waals surface area contributed by atoms with Gasteiger partial charge in [-0.3, -0.25) is 0 Å². The zero-order valence-corrected chi connectivity index (χ0v) is 12.0. The third-order valence-electron chi connectivity index (χ3n) is 3.62. The first-order chi connectivity index (χ1) is 8.08. The summed E-state index contributed by atoms with van der Waals surface area (Å²) in [6, 6.07) is 6.29. The van der Waals surface area contributed by atoms with Gasteiger partial charge in [-0.2, -0.15) is 0 Å². The summed E-state index contributed by atoms with van der Waals surface area (Å²) in [6.07, 6.45) is 1.85. The van der Waals surface area contributed by atoms with E-state index in [2.05, 4.69) is 41.2 Å². The van der Waals surface area contributed by atoms with Crippen molar-refractivity contribution in [2.45, 2.75) is 38.8 Å². The van der Waals surface area contributed by atoms with Gasteiger partial charge in [-0.05, 0) is 49.4 Å². The van der Waals surface area contributed by atoms with Crippen LogP contribution in [0.15, 0.2) is 22.7 Å². The normalized spacial score (nSPS) is 26.8. The first-order valence-electron chi connectivity index (χ1n) is 6.25. The SMILES string of the molecule is Cc1ccc(C(O)C2CC(C)CCN2)cc1Br. The lowest BCUT2D eigenvalue weighted by molar-refractivity contribution is 0.101. The number of nitrogens with one attached hydrogen (secondary N) is 1. The van der Waals surface area contributed by atoms with Gasteiger partial charge in [-0.15, -0.1) is 0 Å². The van der Waals surface area contributed by atoms with Crippen LogP contribution >= 0.6 is 15.9 Å². The maximum absolute atomic E-state index is 10.4. The van der Waals surface area contributed by atoms with E-state index >= 15 is 0 Å². The molecule has 1 fully saturated rings. The number of hydrogen-bond donors (Lipinski definition) is 2. The van der Waals surface area contributed by atoms with E-state index in [9.17, 15) is 5.11 Å². The molecule has 1 aliphatic heterocycles. The maximum atomic E-state index is 10.4. The van der Waals surface area contributed by atoms with Crippen molar-refractivity contribution in [2.75, 3.05) is 6.54 Å². The Balaban J connectivity index is 2.12. The number of hydrogen-bond acceptors (Lipinski definition) is 2. The second kappa shape index (κ2) is 5.51. The average Bonchev–Trinajstić information content (AvgIpc) is 2.32. The number of halogens is 1. The minimum absolute atomic E-state index is 0.188. The summed E-state index contributed by atoms with van der Waals surface area (Å²) in [5, 5.41) is 13.8. The maximum Gasteiger partial charge on any atom is 0.0943 e. The van der Waals surface area contributed by atoms with E-state index in [1.165, 1.54) is 12.0 Å². The van der Waals surface area contributed by atoms with Crippen LogP contribution in [0.5, 0.6) is 0 Å². The van der Waals surface area contributed by atoms with Crippen molar-refractivity contribution >= 4 is 15.9 Å². The van der Waals surface area contributed by atoms with Gasteiger partial charge in [0.25, 0.3) is 0 Å². The highest BCUT2D eigenvalue weighted by Crippen LogP contribution is 2.28. The summed E-state index contributed by atoms with van der Waals surface area (Å²) in [5.74, 6) is 0.699. The van der Waals surface area contributed by atoms with Crippen molar-refractivity contribution in [1.29, 1.82) is 0 Å². The molecule has 1 aromatic carbocycles. The first-order valence-corrected chi connectivity index (χ1v) is 7.04. The van der Waals surface area contributed by atoms with E-state index < -0.39 is 6.10 Å². The van der Waals surface area contributed by atoms with Crippen molar-refractivity contribution < 1.29 is 5.11 Å². The Morgan fingerprint density at radius 2 is 2.24 bits per heavy atom. The van der Waals surface area contributed by atoms with E-state index in [4.69, 9.17) is 0 Å². The molecular formula is C14H20BrNO. The Labute approximate surface area is 112 Å². The monoisotopic (exact) mass is 297 g/mol. The number of piperidine rings is 1. The topological polar surface area (TPSA) is 32.3 Å². The molecular weight excluding hydrogens is 278 g/mol. The van der Waals surface area contributed by atoms with Crippen LogP contribution in [0.3, 0.4) is 0 Å². The highest BCUT2D eigenvalue weighted by Gasteiger charge is 2.25. The van der Waals surface area contributed by atoms with Crippen LogP contribution in [0.2, 0.25) is 0 Å². The molecule has 2 nitrogen and oxygen atoms in total. The van der Waals surface area contributed by atoms with Crippen LogP contribution in [-0.2, 0) is 0 Å². The summed E-state index contributed by atoms with van der Waals surface area (Å²) in [6.45, 7) is 5.32. The summed E-state index contributed by atoms with van der Waals surface area (Å²) >= 11 is 3.52. The van der Waals surface area contributed by atoms with Crippen molar-refractivity contribution in [3.05, 3.63) is 33.8 Å². The van der Waals surface area contributed by atoms with Gasteiger partial charge in [0.15, 0.2) is 0 Å². The summed E-state index contributed by atoms with van der Waals surface area (Å²) in [5.41, 5.74) is 2.19. The zero-order valence-electron chi connectivity index (χ0n) is 10.4. The standard InChI is InChI=1S/C14H20BrNO/c1-9-5-6-16-13(7-9)14(17)11-4-3-10(2)12(15)8-11/h3-4,8-9,13-14,16-17H,5-7H2,1-2H3. The molecule has 1 saturated heterocycles. The smallest absolute Gasteiger partial charge is 0.0943 e. The van der Waals surface area contributed by atoms with Gasteiger partial charge in [0.1, 0.15) is 0 Å². The molecule has 94 valence electrons. The molecule has 0 saturated carbocycles. The van der Waals surface area contributed by atoms with E-state index in [1.807, 2.05) is 12.1 Å². The van der Waals surface area contributed by atoms with Gasteiger partial charge in [-0.25, -0.2) is 0 Å². The molecule has 3 atom stereocenters. The summed E-state index contributed by atoms with van der Waals surface area (Å²) in [4.78, 5) is 0. The van der Waals surface area contributed by atoms with Crippen LogP contribution in [0, 0.1) is 12.8 Å². The number of aryl methyl sites for hydroxylation is 1. The van der Waals surface area contributed by atoms with Gasteiger partial charge in [0.05, 0.1) is 6.10 Å². The number of aliphatic hydroxyl groups is 1. The van der Waals surface area contributed by atoms with Crippen molar-refractivity contribution in [3.63, 3.8) is 0 Å². The molecule has 0 spiro atoms. The lowest BCUT2D eigenvalue weighted by atomic mass is 9.88.